The van der Waals surface area contributed by atoms with Gasteiger partial charge in [-0.15, -0.1) is 0 Å². The Bertz CT molecular complexity index is 4360. The third-order valence-corrected chi connectivity index (χ3v) is 13.5. The molecule has 0 unspecified atom stereocenters. The van der Waals surface area contributed by atoms with Crippen molar-refractivity contribution in [3.8, 4) is 61.8 Å². The van der Waals surface area contributed by atoms with Gasteiger partial charge in [0.25, 0.3) is 0 Å². The van der Waals surface area contributed by atoms with E-state index in [-0.39, 0.29) is 45.7 Å². The molecule has 0 aliphatic heterocycles. The first-order chi connectivity index (χ1) is 38.3. The summed E-state index contributed by atoms with van der Waals surface area (Å²) in [7, 11) is 0. The molecule has 0 aliphatic carbocycles. The molecule has 0 atom stereocenters. The zero-order valence-electron chi connectivity index (χ0n) is 43.6. The van der Waals surface area contributed by atoms with Gasteiger partial charge in [-0.25, -0.2) is 9.59 Å². The van der Waals surface area contributed by atoms with Crippen LogP contribution in [0.5, 0.6) is 0 Å². The Balaban J connectivity index is 0.000000174. The third kappa shape index (κ3) is 12.8. The fraction of sp³-hybridized carbons (Fsp3) is 0.0286. The number of rotatable bonds is 6. The first kappa shape index (κ1) is 57.3. The van der Waals surface area contributed by atoms with E-state index in [0.29, 0.717) is 23.6 Å². The summed E-state index contributed by atoms with van der Waals surface area (Å²) in [5.74, 6) is 0. The maximum Gasteiger partial charge on any atom is 2.00 e. The van der Waals surface area contributed by atoms with Gasteiger partial charge in [0.1, 0.15) is 6.07 Å². The maximum atomic E-state index is 12.6. The molecule has 0 radical (unpaired) electrons. The van der Waals surface area contributed by atoms with Crippen molar-refractivity contribution in [3.63, 3.8) is 0 Å². The van der Waals surface area contributed by atoms with Gasteiger partial charge in [0, 0.05) is 33.3 Å². The summed E-state index contributed by atoms with van der Waals surface area (Å²) < 4.78 is 4.17. The molecule has 0 spiro atoms. The van der Waals surface area contributed by atoms with Crippen molar-refractivity contribution in [2.45, 2.75) is 6.92 Å². The molecule has 10 heteroatoms. The molecule has 0 fully saturated rings. The van der Waals surface area contributed by atoms with Gasteiger partial charge >= 0.3 is 34.2 Å². The number of fused-ring (bicyclic) bond motifs is 6. The second-order valence-corrected chi connectivity index (χ2v) is 18.5. The smallest absolute Gasteiger partial charge is 1.00 e. The Hall–Kier alpha value is -8.88. The van der Waals surface area contributed by atoms with E-state index in [1.54, 1.807) is 6.92 Å². The number of hydrogen-bond acceptors (Lipinski definition) is 6. The molecule has 0 bridgehead atoms. The standard InChI is InChI=1S/C34H22N2O.C27H18N2.C6H5.C3H5ClO2.BrH.Mg/c37-34-35-32(23-11-2-1-3-12-23)31-21-30(28-17-6-7-18-29(28)33(31)36-34)25-15-8-14-24(20-25)27-19-9-13-22-10-4-5-16-26(22)27;28-17-21-16-26(24-12-3-4-13-25(24)27(21)29)20-10-5-9-19(15-20)23-14-6-8-18-7-1-2-11-22(18)23;1-2-4-6-5-3-1;1-2-6-3(4)5;;/h1-21H,(H,35,36,37);1-16H,29H2;1-5H;2H2,1H3;1H;/q;;-1;;;+2/p-1. The predicted molar refractivity (Wildman–Crippen MR) is 329 cm³/mol. The largest absolute Gasteiger partial charge is 2.00 e. The van der Waals surface area contributed by atoms with Crippen molar-refractivity contribution in [1.29, 1.82) is 5.26 Å². The average molecular weight is 1130 g/mol. The monoisotopic (exact) mass is 1130 g/mol. The van der Waals surface area contributed by atoms with Gasteiger partial charge in [0.2, 0.25) is 0 Å². The van der Waals surface area contributed by atoms with Crippen LogP contribution in [0.25, 0.3) is 110 Å². The molecule has 384 valence electrons. The Morgan fingerprint density at radius 2 is 0.950 bits per heavy atom. The van der Waals surface area contributed by atoms with Crippen LogP contribution < -0.4 is 28.4 Å². The number of benzene rings is 12. The summed E-state index contributed by atoms with van der Waals surface area (Å²) in [6.07, 6.45) is 0. The van der Waals surface area contributed by atoms with Crippen LogP contribution >= 0.6 is 11.6 Å². The molecule has 0 amide bonds. The molecular formula is C70H50BrClMgN4O3. The van der Waals surface area contributed by atoms with E-state index >= 15 is 0 Å². The number of nitrogens with zero attached hydrogens (tertiary/aromatic N) is 2. The SMILES string of the molecule is CCOC(=O)Cl.N#Cc1cc(-c2cccc(-c3cccc4ccccc34)c2)c2ccccc2c1N.O=c1nc(-c2ccccc2)c2cc(-c3cccc(-c4cccc5ccccc45)c3)c3ccccc3c2[nH]1.[Br-].[Mg+2].[c-]1ccccc1. The number of aromatic amines is 1. The number of nitrogen functional groups attached to an aromatic ring is 1. The summed E-state index contributed by atoms with van der Waals surface area (Å²) in [6.45, 7) is 2.04. The fourth-order valence-electron chi connectivity index (χ4n) is 9.90. The van der Waals surface area contributed by atoms with Crippen LogP contribution in [0.3, 0.4) is 0 Å². The van der Waals surface area contributed by atoms with E-state index in [1.165, 1.54) is 38.2 Å². The first-order valence-electron chi connectivity index (χ1n) is 25.4. The van der Waals surface area contributed by atoms with Gasteiger partial charge in [-0.1, -0.05) is 200 Å². The zero-order chi connectivity index (χ0) is 53.8. The van der Waals surface area contributed by atoms with Crippen LogP contribution in [0.1, 0.15) is 12.5 Å². The number of nitrogens with one attached hydrogen (secondary N) is 1. The molecule has 7 nitrogen and oxygen atoms in total. The van der Waals surface area contributed by atoms with E-state index in [9.17, 15) is 14.9 Å². The van der Waals surface area contributed by atoms with Crippen LogP contribution in [-0.4, -0.2) is 45.1 Å². The molecular weight excluding hydrogens is 1080 g/mol. The number of H-pyrrole nitrogens is 1. The van der Waals surface area contributed by atoms with E-state index in [4.69, 9.17) is 17.3 Å². The zero-order valence-corrected chi connectivity index (χ0v) is 47.4. The Morgan fingerprint density at radius 1 is 0.525 bits per heavy atom. The summed E-state index contributed by atoms with van der Waals surface area (Å²) >= 11 is 4.72. The summed E-state index contributed by atoms with van der Waals surface area (Å²) in [4.78, 5) is 29.6. The minimum Gasteiger partial charge on any atom is -1.00 e. The topological polar surface area (TPSA) is 122 Å². The second kappa shape index (κ2) is 27.1. The molecule has 1 heterocycles. The minimum absolute atomic E-state index is 0. The molecule has 80 heavy (non-hydrogen) atoms. The van der Waals surface area contributed by atoms with Crippen molar-refractivity contribution in [1.82, 2.24) is 9.97 Å². The average Bonchev–Trinajstić information content (AvgIpc) is 3.57. The van der Waals surface area contributed by atoms with Gasteiger partial charge in [0.15, 0.2) is 0 Å². The molecule has 12 aromatic carbocycles. The van der Waals surface area contributed by atoms with Crippen LogP contribution in [0, 0.1) is 17.4 Å². The molecule has 3 N–H and O–H groups in total. The van der Waals surface area contributed by atoms with Gasteiger partial charge < -0.3 is 32.4 Å². The van der Waals surface area contributed by atoms with E-state index < -0.39 is 5.43 Å². The molecule has 13 rings (SSSR count). The molecule has 0 aliphatic rings. The number of hydrogen-bond donors (Lipinski definition) is 2. The molecule has 0 saturated carbocycles. The van der Waals surface area contributed by atoms with E-state index in [2.05, 4.69) is 185 Å². The Kier molecular flexibility index (Phi) is 19.4. The van der Waals surface area contributed by atoms with Crippen molar-refractivity contribution >= 4 is 99.8 Å². The van der Waals surface area contributed by atoms with Gasteiger partial charge in [-0.3, -0.25) is 0 Å². The maximum absolute atomic E-state index is 12.6. The van der Waals surface area contributed by atoms with Gasteiger partial charge in [-0.05, 0) is 108 Å². The number of anilines is 1. The van der Waals surface area contributed by atoms with Gasteiger partial charge in [0.05, 0.1) is 29.1 Å². The molecule has 13 aromatic rings. The van der Waals surface area contributed by atoms with Crippen LogP contribution in [-0.2, 0) is 4.74 Å². The number of nitrogens with two attached hydrogens (primary N) is 1. The Morgan fingerprint density at radius 3 is 1.44 bits per heavy atom. The van der Waals surface area contributed by atoms with Crippen LogP contribution in [0.2, 0.25) is 0 Å². The quantitative estimate of drug-likeness (QED) is 0.0562. The van der Waals surface area contributed by atoms with Crippen molar-refractivity contribution in [3.05, 3.63) is 277 Å². The minimum atomic E-state index is -0.738. The van der Waals surface area contributed by atoms with Crippen LogP contribution in [0.15, 0.2) is 260 Å². The number of carbonyl (C=O) groups excluding carboxylic acids is 1. The number of carbonyl (C=O) groups is 1. The van der Waals surface area contributed by atoms with E-state index in [0.717, 1.165) is 65.8 Å². The van der Waals surface area contributed by atoms with Crippen molar-refractivity contribution in [2.24, 2.45) is 0 Å². The number of halogens is 2. The Labute approximate surface area is 495 Å². The summed E-state index contributed by atoms with van der Waals surface area (Å²) in [5.41, 5.74) is 17.7. The summed E-state index contributed by atoms with van der Waals surface area (Å²) in [6, 6.07) is 91.9. The summed E-state index contributed by atoms with van der Waals surface area (Å²) in [5, 5.41) is 19.5. The van der Waals surface area contributed by atoms with Gasteiger partial charge in [-0.2, -0.15) is 46.6 Å². The second-order valence-electron chi connectivity index (χ2n) is 18.2. The molecule has 1 aromatic heterocycles. The number of nitriles is 1. The van der Waals surface area contributed by atoms with Crippen molar-refractivity contribution < 1.29 is 26.5 Å². The van der Waals surface area contributed by atoms with Crippen molar-refractivity contribution in [2.75, 3.05) is 12.3 Å². The number of aromatic nitrogens is 2. The predicted octanol–water partition coefficient (Wildman–Crippen LogP) is 14.5. The first-order valence-corrected chi connectivity index (χ1v) is 25.8. The normalized spacial score (nSPS) is 10.4. The third-order valence-electron chi connectivity index (χ3n) is 13.4. The molecule has 0 saturated heterocycles. The van der Waals surface area contributed by atoms with E-state index in [1.807, 2.05) is 97.1 Å². The van der Waals surface area contributed by atoms with Crippen LogP contribution in [0.4, 0.5) is 10.5 Å². The number of ether oxygens (including phenoxy) is 1. The fourth-order valence-corrected chi connectivity index (χ4v) is 10.0.